The highest BCUT2D eigenvalue weighted by atomic mass is 16.5. The molecule has 0 bridgehead atoms. The molecule has 0 amide bonds. The van der Waals surface area contributed by atoms with E-state index in [0.29, 0.717) is 12.2 Å². The van der Waals surface area contributed by atoms with Crippen LogP contribution in [0.5, 0.6) is 11.5 Å². The minimum absolute atomic E-state index is 0.179. The number of allylic oxidation sites excluding steroid dienone is 3. The average molecular weight is 230 g/mol. The molecule has 0 fully saturated rings. The van der Waals surface area contributed by atoms with Crippen LogP contribution in [0.15, 0.2) is 48.6 Å². The van der Waals surface area contributed by atoms with E-state index in [0.717, 1.165) is 5.75 Å². The summed E-state index contributed by atoms with van der Waals surface area (Å²) < 4.78 is 10.3. The molecule has 3 nitrogen and oxygen atoms in total. The first kappa shape index (κ1) is 11.5. The van der Waals surface area contributed by atoms with Crippen LogP contribution in [0.4, 0.5) is 0 Å². The summed E-state index contributed by atoms with van der Waals surface area (Å²) in [5, 5.41) is 0. The number of esters is 1. The number of ether oxygens (including phenoxy) is 2. The Bertz CT molecular complexity index is 443. The Morgan fingerprint density at radius 1 is 1.18 bits per heavy atom. The third-order valence-electron chi connectivity index (χ3n) is 2.56. The van der Waals surface area contributed by atoms with Crippen molar-refractivity contribution in [1.82, 2.24) is 0 Å². The van der Waals surface area contributed by atoms with Crippen LogP contribution in [0.1, 0.15) is 6.42 Å². The molecule has 1 unspecified atom stereocenters. The normalized spacial score (nSPS) is 17.8. The Morgan fingerprint density at radius 3 is 2.47 bits per heavy atom. The summed E-state index contributed by atoms with van der Waals surface area (Å²) in [5.41, 5.74) is 0. The molecule has 0 spiro atoms. The molecule has 2 rings (SSSR count). The molecule has 1 aliphatic rings. The Hall–Kier alpha value is -2.03. The number of rotatable bonds is 3. The van der Waals surface area contributed by atoms with Crippen molar-refractivity contribution in [3.05, 3.63) is 48.6 Å². The van der Waals surface area contributed by atoms with Crippen molar-refractivity contribution in [3.63, 3.8) is 0 Å². The summed E-state index contributed by atoms with van der Waals surface area (Å²) in [6.45, 7) is 0. The van der Waals surface area contributed by atoms with E-state index in [9.17, 15) is 4.79 Å². The fraction of sp³-hybridized carbons (Fsp3) is 0.214. The number of methoxy groups -OCH3 is 1. The van der Waals surface area contributed by atoms with Gasteiger partial charge in [-0.25, -0.2) is 0 Å². The van der Waals surface area contributed by atoms with Gasteiger partial charge in [0.1, 0.15) is 11.5 Å². The first-order valence-corrected chi connectivity index (χ1v) is 5.48. The monoisotopic (exact) mass is 230 g/mol. The van der Waals surface area contributed by atoms with Gasteiger partial charge in [-0.05, 0) is 30.7 Å². The fourth-order valence-electron chi connectivity index (χ4n) is 1.59. The topological polar surface area (TPSA) is 35.5 Å². The molecule has 17 heavy (non-hydrogen) atoms. The zero-order valence-electron chi connectivity index (χ0n) is 9.63. The van der Waals surface area contributed by atoms with Crippen LogP contribution in [-0.2, 0) is 4.79 Å². The van der Waals surface area contributed by atoms with Crippen LogP contribution in [-0.4, -0.2) is 13.1 Å². The number of carbonyl (C=O) groups is 1. The summed E-state index contributed by atoms with van der Waals surface area (Å²) in [6, 6.07) is 6.97. The Morgan fingerprint density at radius 2 is 1.88 bits per heavy atom. The lowest BCUT2D eigenvalue weighted by molar-refractivity contribution is -0.137. The lowest BCUT2D eigenvalue weighted by Crippen LogP contribution is -2.19. The van der Waals surface area contributed by atoms with Crippen LogP contribution in [0.25, 0.3) is 0 Å². The standard InChI is InChI=1S/C14H14O3/c1-16-12-7-9-13(10-8-12)17-14(15)11-5-3-2-4-6-11/h2-5,7-11H,6H2,1H3. The van der Waals surface area contributed by atoms with Crippen molar-refractivity contribution >= 4 is 5.97 Å². The quantitative estimate of drug-likeness (QED) is 0.591. The van der Waals surface area contributed by atoms with Gasteiger partial charge in [0.05, 0.1) is 13.0 Å². The van der Waals surface area contributed by atoms with Crippen molar-refractivity contribution in [2.75, 3.05) is 7.11 Å². The van der Waals surface area contributed by atoms with E-state index < -0.39 is 0 Å². The average Bonchev–Trinajstić information content (AvgIpc) is 2.40. The van der Waals surface area contributed by atoms with Gasteiger partial charge in [-0.15, -0.1) is 0 Å². The van der Waals surface area contributed by atoms with E-state index in [1.165, 1.54) is 0 Å². The molecule has 3 heteroatoms. The molecule has 0 N–H and O–H groups in total. The highest BCUT2D eigenvalue weighted by Crippen LogP contribution is 2.20. The predicted molar refractivity (Wildman–Crippen MR) is 65.0 cm³/mol. The molecule has 0 aromatic heterocycles. The molecule has 1 aliphatic carbocycles. The third kappa shape index (κ3) is 2.97. The fourth-order valence-corrected chi connectivity index (χ4v) is 1.59. The van der Waals surface area contributed by atoms with Crippen LogP contribution in [0.3, 0.4) is 0 Å². The first-order chi connectivity index (χ1) is 8.29. The second kappa shape index (κ2) is 5.34. The lowest BCUT2D eigenvalue weighted by atomic mass is 10.0. The van der Waals surface area contributed by atoms with Gasteiger partial charge in [0, 0.05) is 0 Å². The van der Waals surface area contributed by atoms with Crippen molar-refractivity contribution < 1.29 is 14.3 Å². The maximum absolute atomic E-state index is 11.8. The molecule has 0 aliphatic heterocycles. The zero-order valence-corrected chi connectivity index (χ0v) is 9.63. The molecule has 0 heterocycles. The van der Waals surface area contributed by atoms with E-state index in [1.54, 1.807) is 31.4 Å². The number of hydrogen-bond donors (Lipinski definition) is 0. The van der Waals surface area contributed by atoms with E-state index in [1.807, 2.05) is 24.3 Å². The smallest absolute Gasteiger partial charge is 0.318 e. The van der Waals surface area contributed by atoms with Gasteiger partial charge in [-0.2, -0.15) is 0 Å². The SMILES string of the molecule is COc1ccc(OC(=O)C2C=CC=CC2)cc1. The van der Waals surface area contributed by atoms with E-state index >= 15 is 0 Å². The minimum atomic E-state index is -0.226. The molecule has 0 saturated heterocycles. The highest BCUT2D eigenvalue weighted by Gasteiger charge is 2.17. The zero-order chi connectivity index (χ0) is 12.1. The van der Waals surface area contributed by atoms with E-state index in [2.05, 4.69) is 0 Å². The van der Waals surface area contributed by atoms with Gasteiger partial charge in [-0.3, -0.25) is 4.79 Å². The summed E-state index contributed by atoms with van der Waals surface area (Å²) >= 11 is 0. The van der Waals surface area contributed by atoms with Crippen molar-refractivity contribution in [1.29, 1.82) is 0 Å². The Labute approximate surface area is 100 Å². The highest BCUT2D eigenvalue weighted by molar-refractivity contribution is 5.77. The molecule has 1 atom stereocenters. The largest absolute Gasteiger partial charge is 0.497 e. The van der Waals surface area contributed by atoms with Gasteiger partial charge < -0.3 is 9.47 Å². The second-order valence-electron chi connectivity index (χ2n) is 3.75. The number of benzene rings is 1. The summed E-state index contributed by atoms with van der Waals surface area (Å²) in [6.07, 6.45) is 8.30. The van der Waals surface area contributed by atoms with Crippen LogP contribution >= 0.6 is 0 Å². The van der Waals surface area contributed by atoms with Gasteiger partial charge in [-0.1, -0.05) is 24.3 Å². The third-order valence-corrected chi connectivity index (χ3v) is 2.56. The second-order valence-corrected chi connectivity index (χ2v) is 3.75. The molecule has 88 valence electrons. The van der Waals surface area contributed by atoms with Crippen molar-refractivity contribution in [2.45, 2.75) is 6.42 Å². The maximum atomic E-state index is 11.8. The van der Waals surface area contributed by atoms with Gasteiger partial charge in [0.2, 0.25) is 0 Å². The van der Waals surface area contributed by atoms with Crippen LogP contribution in [0, 0.1) is 5.92 Å². The molecular weight excluding hydrogens is 216 g/mol. The Balaban J connectivity index is 1.97. The van der Waals surface area contributed by atoms with Gasteiger partial charge in [0.15, 0.2) is 0 Å². The van der Waals surface area contributed by atoms with E-state index in [4.69, 9.17) is 9.47 Å². The summed E-state index contributed by atoms with van der Waals surface area (Å²) in [5.74, 6) is 0.877. The lowest BCUT2D eigenvalue weighted by Gasteiger charge is -2.12. The molecule has 0 radical (unpaired) electrons. The summed E-state index contributed by atoms with van der Waals surface area (Å²) in [4.78, 5) is 11.8. The molecule has 0 saturated carbocycles. The minimum Gasteiger partial charge on any atom is -0.497 e. The molecule has 1 aromatic carbocycles. The maximum Gasteiger partial charge on any atom is 0.318 e. The van der Waals surface area contributed by atoms with E-state index in [-0.39, 0.29) is 11.9 Å². The van der Waals surface area contributed by atoms with Gasteiger partial charge in [0.25, 0.3) is 0 Å². The van der Waals surface area contributed by atoms with Crippen LogP contribution in [0.2, 0.25) is 0 Å². The Kier molecular flexibility index (Phi) is 3.60. The first-order valence-electron chi connectivity index (χ1n) is 5.48. The number of hydrogen-bond acceptors (Lipinski definition) is 3. The summed E-state index contributed by atoms with van der Waals surface area (Å²) in [7, 11) is 1.60. The molecular formula is C14H14O3. The van der Waals surface area contributed by atoms with Gasteiger partial charge >= 0.3 is 5.97 Å². The van der Waals surface area contributed by atoms with Crippen LogP contribution < -0.4 is 9.47 Å². The number of carbonyl (C=O) groups excluding carboxylic acids is 1. The molecule has 1 aromatic rings. The van der Waals surface area contributed by atoms with Crippen molar-refractivity contribution in [2.24, 2.45) is 5.92 Å². The predicted octanol–water partition coefficient (Wildman–Crippen LogP) is 2.73. The van der Waals surface area contributed by atoms with Crippen molar-refractivity contribution in [3.8, 4) is 11.5 Å².